The molecule has 0 spiro atoms. The molecule has 1 aliphatic heterocycles. The molecule has 2 amide bonds. The highest BCUT2D eigenvalue weighted by molar-refractivity contribution is 6.30. The molecule has 0 saturated carbocycles. The van der Waals surface area contributed by atoms with E-state index in [-0.39, 0.29) is 23.8 Å². The number of rotatable bonds is 6. The average molecular weight is 394 g/mol. The molecule has 1 aromatic rings. The Labute approximate surface area is 168 Å². The van der Waals surface area contributed by atoms with E-state index in [9.17, 15) is 9.59 Å². The molecule has 0 radical (unpaired) electrons. The summed E-state index contributed by atoms with van der Waals surface area (Å²) in [6.07, 6.45) is 1.94. The molecule has 1 atom stereocenters. The van der Waals surface area contributed by atoms with Crippen molar-refractivity contribution in [2.45, 2.75) is 58.7 Å². The van der Waals surface area contributed by atoms with Gasteiger partial charge in [-0.05, 0) is 56.9 Å². The highest BCUT2D eigenvalue weighted by Crippen LogP contribution is 2.19. The summed E-state index contributed by atoms with van der Waals surface area (Å²) in [6, 6.07) is 6.92. The van der Waals surface area contributed by atoms with Crippen LogP contribution in [0.4, 0.5) is 0 Å². The lowest BCUT2D eigenvalue weighted by molar-refractivity contribution is -0.136. The van der Waals surface area contributed by atoms with Crippen LogP contribution in [0.2, 0.25) is 5.02 Å². The maximum absolute atomic E-state index is 13.1. The Morgan fingerprint density at radius 2 is 1.67 bits per heavy atom. The third-order valence-corrected chi connectivity index (χ3v) is 5.70. The number of hydrogen-bond donors (Lipinski definition) is 1. The Bertz CT molecular complexity index is 637. The van der Waals surface area contributed by atoms with Crippen LogP contribution in [0.3, 0.4) is 0 Å². The molecule has 0 aliphatic carbocycles. The Morgan fingerprint density at radius 1 is 1.11 bits per heavy atom. The molecule has 2 rings (SSSR count). The number of nitrogens with zero attached hydrogens (tertiary/aromatic N) is 2. The molecular weight excluding hydrogens is 362 g/mol. The van der Waals surface area contributed by atoms with Crippen molar-refractivity contribution in [3.8, 4) is 0 Å². The first-order chi connectivity index (χ1) is 12.7. The molecule has 0 aromatic heterocycles. The van der Waals surface area contributed by atoms with E-state index in [1.54, 1.807) is 24.3 Å². The number of piperidine rings is 1. The van der Waals surface area contributed by atoms with Gasteiger partial charge in [0, 0.05) is 42.8 Å². The number of benzene rings is 1. The number of nitrogens with one attached hydrogen (secondary N) is 1. The monoisotopic (exact) mass is 393 g/mol. The van der Waals surface area contributed by atoms with Crippen molar-refractivity contribution in [3.63, 3.8) is 0 Å². The number of carbonyl (C=O) groups excluding carboxylic acids is 2. The Hall–Kier alpha value is -1.59. The number of hydrogen-bond acceptors (Lipinski definition) is 3. The maximum Gasteiger partial charge on any atom is 0.251 e. The average Bonchev–Trinajstić information content (AvgIpc) is 2.65. The van der Waals surface area contributed by atoms with Gasteiger partial charge in [0.05, 0.1) is 0 Å². The second-order valence-electron chi connectivity index (χ2n) is 8.01. The molecule has 27 heavy (non-hydrogen) atoms. The van der Waals surface area contributed by atoms with Gasteiger partial charge in [0.1, 0.15) is 6.04 Å². The van der Waals surface area contributed by atoms with Crippen molar-refractivity contribution in [2.24, 2.45) is 5.92 Å². The zero-order valence-electron chi connectivity index (χ0n) is 17.0. The molecule has 0 bridgehead atoms. The molecule has 1 fully saturated rings. The van der Waals surface area contributed by atoms with E-state index >= 15 is 0 Å². The zero-order chi connectivity index (χ0) is 20.1. The third kappa shape index (κ3) is 5.69. The summed E-state index contributed by atoms with van der Waals surface area (Å²) in [5.41, 5.74) is 0.505. The van der Waals surface area contributed by atoms with Gasteiger partial charge in [-0.1, -0.05) is 25.4 Å². The summed E-state index contributed by atoms with van der Waals surface area (Å²) in [5.74, 6) is -0.260. The smallest absolute Gasteiger partial charge is 0.251 e. The normalized spacial score (nSPS) is 17.2. The van der Waals surface area contributed by atoms with Crippen LogP contribution in [0.1, 0.15) is 50.9 Å². The summed E-state index contributed by atoms with van der Waals surface area (Å²) in [6.45, 7) is 10.3. The van der Waals surface area contributed by atoms with E-state index in [2.05, 4.69) is 24.1 Å². The lowest BCUT2D eigenvalue weighted by Crippen LogP contribution is -2.55. The zero-order valence-corrected chi connectivity index (χ0v) is 17.8. The molecule has 1 N–H and O–H groups in total. The molecule has 1 aromatic carbocycles. The van der Waals surface area contributed by atoms with Gasteiger partial charge in [0.2, 0.25) is 5.91 Å². The van der Waals surface area contributed by atoms with Crippen molar-refractivity contribution in [2.75, 3.05) is 20.1 Å². The van der Waals surface area contributed by atoms with Crippen LogP contribution in [0, 0.1) is 5.92 Å². The second-order valence-corrected chi connectivity index (χ2v) is 8.45. The fourth-order valence-corrected chi connectivity index (χ4v) is 3.65. The van der Waals surface area contributed by atoms with Crippen molar-refractivity contribution >= 4 is 23.4 Å². The highest BCUT2D eigenvalue weighted by Gasteiger charge is 2.32. The molecular formula is C21H32ClN3O2. The standard InChI is InChI=1S/C21H32ClN3O2/c1-14(2)19(23-20(26)16-6-8-17(22)9-7-16)21(27)24(5)18-10-12-25(13-11-18)15(3)4/h6-9,14-15,18-19H,10-13H2,1-5H3,(H,23,26). The van der Waals surface area contributed by atoms with Crippen LogP contribution >= 0.6 is 11.6 Å². The maximum atomic E-state index is 13.1. The number of likely N-dealkylation sites (N-methyl/N-ethyl adjacent to an activating group) is 1. The molecule has 1 heterocycles. The predicted octanol–water partition coefficient (Wildman–Crippen LogP) is 3.43. The van der Waals surface area contributed by atoms with E-state index in [1.807, 2.05) is 25.8 Å². The molecule has 6 heteroatoms. The lowest BCUT2D eigenvalue weighted by atomic mass is 9.98. The van der Waals surface area contributed by atoms with Gasteiger partial charge in [0.15, 0.2) is 0 Å². The van der Waals surface area contributed by atoms with E-state index in [1.165, 1.54) is 0 Å². The van der Waals surface area contributed by atoms with Crippen LogP contribution in [0.5, 0.6) is 0 Å². The van der Waals surface area contributed by atoms with Gasteiger partial charge in [-0.3, -0.25) is 9.59 Å². The molecule has 150 valence electrons. The van der Waals surface area contributed by atoms with Gasteiger partial charge in [0.25, 0.3) is 5.91 Å². The van der Waals surface area contributed by atoms with Gasteiger partial charge in [-0.2, -0.15) is 0 Å². The first-order valence-corrected chi connectivity index (χ1v) is 10.2. The SMILES string of the molecule is CC(C)C(NC(=O)c1ccc(Cl)cc1)C(=O)N(C)C1CCN(C(C)C)CC1. The van der Waals surface area contributed by atoms with Crippen molar-refractivity contribution < 1.29 is 9.59 Å². The van der Waals surface area contributed by atoms with Gasteiger partial charge in [-0.25, -0.2) is 0 Å². The van der Waals surface area contributed by atoms with Crippen LogP contribution < -0.4 is 5.32 Å². The second kappa shape index (κ2) is 9.56. The van der Waals surface area contributed by atoms with E-state index in [0.717, 1.165) is 25.9 Å². The Morgan fingerprint density at radius 3 is 2.15 bits per heavy atom. The number of amides is 2. The van der Waals surface area contributed by atoms with Crippen LogP contribution in [-0.4, -0.2) is 59.9 Å². The van der Waals surface area contributed by atoms with E-state index < -0.39 is 6.04 Å². The lowest BCUT2D eigenvalue weighted by Gasteiger charge is -2.40. The predicted molar refractivity (Wildman–Crippen MR) is 110 cm³/mol. The van der Waals surface area contributed by atoms with Crippen LogP contribution in [0.25, 0.3) is 0 Å². The molecule has 5 nitrogen and oxygen atoms in total. The Balaban J connectivity index is 2.01. The van der Waals surface area contributed by atoms with E-state index in [4.69, 9.17) is 11.6 Å². The van der Waals surface area contributed by atoms with Crippen molar-refractivity contribution in [3.05, 3.63) is 34.9 Å². The number of likely N-dealkylation sites (tertiary alicyclic amines) is 1. The number of halogens is 1. The highest BCUT2D eigenvalue weighted by atomic mass is 35.5. The Kier molecular flexibility index (Phi) is 7.68. The first-order valence-electron chi connectivity index (χ1n) is 9.77. The van der Waals surface area contributed by atoms with Gasteiger partial charge < -0.3 is 15.1 Å². The van der Waals surface area contributed by atoms with Crippen LogP contribution in [0.15, 0.2) is 24.3 Å². The van der Waals surface area contributed by atoms with Crippen molar-refractivity contribution in [1.29, 1.82) is 0 Å². The quantitative estimate of drug-likeness (QED) is 0.805. The summed E-state index contributed by atoms with van der Waals surface area (Å²) < 4.78 is 0. The third-order valence-electron chi connectivity index (χ3n) is 5.45. The molecule has 1 saturated heterocycles. The minimum Gasteiger partial charge on any atom is -0.341 e. The summed E-state index contributed by atoms with van der Waals surface area (Å²) in [7, 11) is 1.86. The van der Waals surface area contributed by atoms with E-state index in [0.29, 0.717) is 16.6 Å². The van der Waals surface area contributed by atoms with Crippen molar-refractivity contribution in [1.82, 2.24) is 15.1 Å². The summed E-state index contributed by atoms with van der Waals surface area (Å²) in [5, 5.41) is 3.49. The first kappa shape index (κ1) is 21.7. The van der Waals surface area contributed by atoms with Gasteiger partial charge >= 0.3 is 0 Å². The summed E-state index contributed by atoms with van der Waals surface area (Å²) >= 11 is 5.88. The summed E-state index contributed by atoms with van der Waals surface area (Å²) in [4.78, 5) is 29.9. The minimum atomic E-state index is -0.540. The molecule has 1 unspecified atom stereocenters. The largest absolute Gasteiger partial charge is 0.341 e. The minimum absolute atomic E-state index is 0.00644. The number of carbonyl (C=O) groups is 2. The van der Waals surface area contributed by atoms with Gasteiger partial charge in [-0.15, -0.1) is 0 Å². The topological polar surface area (TPSA) is 52.7 Å². The molecule has 1 aliphatic rings. The van der Waals surface area contributed by atoms with Crippen LogP contribution in [-0.2, 0) is 4.79 Å². The fraction of sp³-hybridized carbons (Fsp3) is 0.619. The fourth-order valence-electron chi connectivity index (χ4n) is 3.53.